The summed E-state index contributed by atoms with van der Waals surface area (Å²) in [7, 11) is 0. The molecule has 2 rings (SSSR count). The smallest absolute Gasteiger partial charge is 0.240 e. The molecule has 1 heterocycles. The Morgan fingerprint density at radius 1 is 1.44 bits per heavy atom. The molecule has 1 aromatic carbocycles. The van der Waals surface area contributed by atoms with Crippen molar-refractivity contribution in [3.8, 4) is 0 Å². The number of hydrogen-bond donors (Lipinski definition) is 1. The summed E-state index contributed by atoms with van der Waals surface area (Å²) in [5.41, 5.74) is -0.116. The van der Waals surface area contributed by atoms with Crippen LogP contribution in [-0.2, 0) is 4.79 Å². The van der Waals surface area contributed by atoms with Crippen LogP contribution in [0.25, 0.3) is 0 Å². The Hall–Kier alpha value is -0.620. The van der Waals surface area contributed by atoms with E-state index in [0.29, 0.717) is 0 Å². The first-order valence-corrected chi connectivity index (χ1v) is 7.30. The van der Waals surface area contributed by atoms with Gasteiger partial charge in [0.1, 0.15) is 11.6 Å². The fraction of sp³-hybridized carbons (Fsp3) is 0.417. The van der Waals surface area contributed by atoms with E-state index in [1.54, 1.807) is 11.8 Å². The van der Waals surface area contributed by atoms with Crippen LogP contribution in [-0.4, -0.2) is 16.4 Å². The number of rotatable bonds is 2. The second kappa shape index (κ2) is 5.17. The van der Waals surface area contributed by atoms with Crippen LogP contribution >= 0.6 is 27.7 Å². The van der Waals surface area contributed by atoms with Crippen LogP contribution in [0.15, 0.2) is 16.6 Å². The lowest BCUT2D eigenvalue weighted by Crippen LogP contribution is -2.35. The summed E-state index contributed by atoms with van der Waals surface area (Å²) < 4.78 is 26.4. The summed E-state index contributed by atoms with van der Waals surface area (Å²) in [4.78, 5) is 12.1. The van der Waals surface area contributed by atoms with Gasteiger partial charge in [-0.1, -0.05) is 0 Å². The molecule has 0 radical (unpaired) electrons. The molecule has 1 aliphatic rings. The van der Waals surface area contributed by atoms with Crippen LogP contribution in [0.5, 0.6) is 0 Å². The lowest BCUT2D eigenvalue weighted by Gasteiger charge is -2.21. The average molecular weight is 336 g/mol. The molecule has 1 unspecified atom stereocenters. The second-order valence-corrected chi connectivity index (χ2v) is 6.84. The molecule has 1 atom stereocenters. The van der Waals surface area contributed by atoms with E-state index in [-0.39, 0.29) is 16.1 Å². The van der Waals surface area contributed by atoms with E-state index in [1.807, 2.05) is 6.92 Å². The fourth-order valence-electron chi connectivity index (χ4n) is 1.83. The molecular formula is C12H12BrF2NOS. The minimum absolute atomic E-state index is 0.0412. The Bertz CT molecular complexity index is 489. The number of hydrogen-bond acceptors (Lipinski definition) is 2. The zero-order valence-corrected chi connectivity index (χ0v) is 12.1. The number of carbonyl (C=O) groups is 1. The normalized spacial score (nSPS) is 23.1. The van der Waals surface area contributed by atoms with Crippen molar-refractivity contribution in [2.75, 3.05) is 11.1 Å². The third kappa shape index (κ3) is 2.69. The molecule has 6 heteroatoms. The number of carbonyl (C=O) groups excluding carboxylic acids is 1. The van der Waals surface area contributed by atoms with Crippen LogP contribution < -0.4 is 5.32 Å². The minimum atomic E-state index is -0.650. The quantitative estimate of drug-likeness (QED) is 0.829. The number of anilines is 1. The van der Waals surface area contributed by atoms with Crippen molar-refractivity contribution in [2.24, 2.45) is 0 Å². The molecule has 0 aliphatic carbocycles. The molecule has 0 bridgehead atoms. The maximum Gasteiger partial charge on any atom is 0.240 e. The van der Waals surface area contributed by atoms with Gasteiger partial charge >= 0.3 is 0 Å². The summed E-state index contributed by atoms with van der Waals surface area (Å²) in [5.74, 6) is -0.606. The maximum absolute atomic E-state index is 13.6. The van der Waals surface area contributed by atoms with Gasteiger partial charge in [-0.15, -0.1) is 11.8 Å². The first-order valence-electron chi connectivity index (χ1n) is 5.52. The van der Waals surface area contributed by atoms with Crippen molar-refractivity contribution >= 4 is 39.3 Å². The van der Waals surface area contributed by atoms with E-state index in [1.165, 1.54) is 0 Å². The Balaban J connectivity index is 2.19. The first kappa shape index (κ1) is 13.8. The largest absolute Gasteiger partial charge is 0.322 e. The van der Waals surface area contributed by atoms with Gasteiger partial charge in [-0.2, -0.15) is 0 Å². The van der Waals surface area contributed by atoms with Gasteiger partial charge in [0.05, 0.1) is 14.9 Å². The van der Waals surface area contributed by atoms with Crippen LogP contribution in [0.3, 0.4) is 0 Å². The molecular weight excluding hydrogens is 324 g/mol. The van der Waals surface area contributed by atoms with Gasteiger partial charge < -0.3 is 5.32 Å². The molecule has 18 heavy (non-hydrogen) atoms. The molecule has 1 fully saturated rings. The van der Waals surface area contributed by atoms with Crippen molar-refractivity contribution < 1.29 is 13.6 Å². The van der Waals surface area contributed by atoms with Crippen molar-refractivity contribution in [2.45, 2.75) is 24.5 Å². The summed E-state index contributed by atoms with van der Waals surface area (Å²) in [6, 6.07) is 2.00. The highest BCUT2D eigenvalue weighted by Gasteiger charge is 2.37. The zero-order chi connectivity index (χ0) is 13.3. The molecule has 1 amide bonds. The SMILES string of the molecule is CC1(C(=O)Nc2cc(F)c(Br)cc2F)CCCS1. The van der Waals surface area contributed by atoms with E-state index in [2.05, 4.69) is 21.2 Å². The summed E-state index contributed by atoms with van der Waals surface area (Å²) in [6.45, 7) is 1.83. The van der Waals surface area contributed by atoms with E-state index in [0.717, 1.165) is 30.7 Å². The predicted octanol–water partition coefficient (Wildman–Crippen LogP) is 3.95. The lowest BCUT2D eigenvalue weighted by atomic mass is 10.0. The van der Waals surface area contributed by atoms with Crippen LogP contribution in [0, 0.1) is 11.6 Å². The molecule has 0 saturated carbocycles. The zero-order valence-electron chi connectivity index (χ0n) is 9.73. The number of amides is 1. The standard InChI is InChI=1S/C12H12BrF2NOS/c1-12(3-2-4-18-12)11(17)16-10-6-8(14)7(13)5-9(10)15/h5-6H,2-4H2,1H3,(H,16,17). The molecule has 2 nitrogen and oxygen atoms in total. The van der Waals surface area contributed by atoms with Crippen molar-refractivity contribution in [1.82, 2.24) is 0 Å². The van der Waals surface area contributed by atoms with Crippen molar-refractivity contribution in [1.29, 1.82) is 0 Å². The highest BCUT2D eigenvalue weighted by Crippen LogP contribution is 2.38. The summed E-state index contributed by atoms with van der Waals surface area (Å²) >= 11 is 4.44. The molecule has 98 valence electrons. The minimum Gasteiger partial charge on any atom is -0.322 e. The summed E-state index contributed by atoms with van der Waals surface area (Å²) in [6.07, 6.45) is 1.72. The topological polar surface area (TPSA) is 29.1 Å². The number of halogens is 3. The predicted molar refractivity (Wildman–Crippen MR) is 72.8 cm³/mol. The molecule has 1 saturated heterocycles. The fourth-order valence-corrected chi connectivity index (χ4v) is 3.36. The van der Waals surface area contributed by atoms with Crippen LogP contribution in [0.4, 0.5) is 14.5 Å². The highest BCUT2D eigenvalue weighted by atomic mass is 79.9. The van der Waals surface area contributed by atoms with Gasteiger partial charge in [0.2, 0.25) is 5.91 Å². The number of benzene rings is 1. The molecule has 1 aromatic rings. The average Bonchev–Trinajstić information content (AvgIpc) is 2.74. The van der Waals surface area contributed by atoms with Gasteiger partial charge in [0.25, 0.3) is 0 Å². The number of nitrogens with one attached hydrogen (secondary N) is 1. The number of thioether (sulfide) groups is 1. The summed E-state index contributed by atoms with van der Waals surface area (Å²) in [5, 5.41) is 2.47. The molecule has 1 N–H and O–H groups in total. The second-order valence-electron chi connectivity index (χ2n) is 4.38. The Labute approximate surface area is 117 Å². The maximum atomic E-state index is 13.6. The van der Waals surface area contributed by atoms with E-state index >= 15 is 0 Å². The third-order valence-corrected chi connectivity index (χ3v) is 5.08. The third-order valence-electron chi connectivity index (χ3n) is 2.96. The van der Waals surface area contributed by atoms with E-state index in [4.69, 9.17) is 0 Å². The monoisotopic (exact) mass is 335 g/mol. The van der Waals surface area contributed by atoms with Gasteiger partial charge in [-0.05, 0) is 47.5 Å². The first-order chi connectivity index (χ1) is 8.42. The Morgan fingerprint density at radius 3 is 2.78 bits per heavy atom. The van der Waals surface area contributed by atoms with E-state index in [9.17, 15) is 13.6 Å². The van der Waals surface area contributed by atoms with Gasteiger partial charge in [-0.25, -0.2) is 8.78 Å². The molecule has 1 aliphatic heterocycles. The lowest BCUT2D eigenvalue weighted by molar-refractivity contribution is -0.118. The highest BCUT2D eigenvalue weighted by molar-refractivity contribution is 9.10. The molecule has 0 aromatic heterocycles. The van der Waals surface area contributed by atoms with E-state index < -0.39 is 16.4 Å². The van der Waals surface area contributed by atoms with Gasteiger partial charge in [0, 0.05) is 6.07 Å². The van der Waals surface area contributed by atoms with Crippen LogP contribution in [0.2, 0.25) is 0 Å². The Morgan fingerprint density at radius 2 is 2.17 bits per heavy atom. The van der Waals surface area contributed by atoms with Crippen molar-refractivity contribution in [3.05, 3.63) is 28.2 Å². The van der Waals surface area contributed by atoms with Crippen LogP contribution in [0.1, 0.15) is 19.8 Å². The van der Waals surface area contributed by atoms with Crippen molar-refractivity contribution in [3.63, 3.8) is 0 Å². The Kier molecular flexibility index (Phi) is 3.96. The molecule has 0 spiro atoms. The van der Waals surface area contributed by atoms with Gasteiger partial charge in [-0.3, -0.25) is 4.79 Å². The van der Waals surface area contributed by atoms with Gasteiger partial charge in [0.15, 0.2) is 0 Å².